The number of carbonyl (C=O) groups excluding carboxylic acids is 1. The summed E-state index contributed by atoms with van der Waals surface area (Å²) >= 11 is 7.91. The van der Waals surface area contributed by atoms with Crippen molar-refractivity contribution >= 4 is 33.8 Å². The molecule has 186 valence electrons. The van der Waals surface area contributed by atoms with Gasteiger partial charge in [-0.2, -0.15) is 0 Å². The highest BCUT2D eigenvalue weighted by Gasteiger charge is 2.35. The fourth-order valence-electron chi connectivity index (χ4n) is 5.41. The molecule has 1 aliphatic heterocycles. The number of carbonyl (C=O) groups is 1. The molecule has 3 heterocycles. The van der Waals surface area contributed by atoms with Gasteiger partial charge in [-0.15, -0.1) is 11.3 Å². The van der Waals surface area contributed by atoms with E-state index in [9.17, 15) is 4.79 Å². The third-order valence-electron chi connectivity index (χ3n) is 7.42. The van der Waals surface area contributed by atoms with Gasteiger partial charge in [0.1, 0.15) is 11.0 Å². The number of benzene rings is 2. The number of hydrogen-bond donors (Lipinski definition) is 2. The van der Waals surface area contributed by atoms with Gasteiger partial charge in [0.2, 0.25) is 0 Å². The second kappa shape index (κ2) is 11.0. The Labute approximate surface area is 221 Å². The van der Waals surface area contributed by atoms with Crippen molar-refractivity contribution in [1.82, 2.24) is 0 Å². The van der Waals surface area contributed by atoms with Crippen LogP contribution in [0.4, 0.5) is 5.00 Å². The Morgan fingerprint density at radius 2 is 1.78 bits per heavy atom. The average molecular weight is 520 g/mol. The van der Waals surface area contributed by atoms with Crippen LogP contribution in [0.15, 0.2) is 77.4 Å². The molecule has 2 N–H and O–H groups in total. The molecular weight excluding hydrogens is 488 g/mol. The van der Waals surface area contributed by atoms with Crippen LogP contribution in [0, 0.1) is 19.8 Å². The van der Waals surface area contributed by atoms with E-state index >= 15 is 0 Å². The summed E-state index contributed by atoms with van der Waals surface area (Å²) in [5.41, 5.74) is 5.10. The smallest absolute Gasteiger partial charge is 0.291 e. The van der Waals surface area contributed by atoms with Crippen molar-refractivity contribution in [3.05, 3.63) is 111 Å². The first-order valence-electron chi connectivity index (χ1n) is 12.6. The molecule has 1 atom stereocenters. The molecule has 2 aromatic carbocycles. The van der Waals surface area contributed by atoms with Crippen molar-refractivity contribution in [1.29, 1.82) is 0 Å². The van der Waals surface area contributed by atoms with Crippen LogP contribution in [0.2, 0.25) is 5.02 Å². The van der Waals surface area contributed by atoms with Crippen molar-refractivity contribution in [3.8, 4) is 0 Å². The molecule has 0 radical (unpaired) electrons. The van der Waals surface area contributed by atoms with Gasteiger partial charge in [-0.05, 0) is 74.4 Å². The predicted molar refractivity (Wildman–Crippen MR) is 147 cm³/mol. The highest BCUT2D eigenvalue weighted by Crippen LogP contribution is 2.39. The number of rotatable bonds is 7. The average Bonchev–Trinajstić information content (AvgIpc) is 3.52. The lowest BCUT2D eigenvalue weighted by atomic mass is 9.87. The van der Waals surface area contributed by atoms with Crippen molar-refractivity contribution in [2.24, 2.45) is 5.92 Å². The van der Waals surface area contributed by atoms with E-state index in [1.165, 1.54) is 51.1 Å². The molecular formula is C30H32ClN2O2S+. The lowest BCUT2D eigenvalue weighted by Gasteiger charge is -2.36. The van der Waals surface area contributed by atoms with Gasteiger partial charge in [-0.3, -0.25) is 4.79 Å². The SMILES string of the molecule is Cc1sc(NC(=O)c2ccco2)c([C@H](c2ccc(Cl)cc2)[NH+]2CCC(Cc3ccccc3)CC2)c1C. The highest BCUT2D eigenvalue weighted by molar-refractivity contribution is 7.16. The molecule has 0 unspecified atom stereocenters. The maximum Gasteiger partial charge on any atom is 0.291 e. The summed E-state index contributed by atoms with van der Waals surface area (Å²) in [6.45, 7) is 6.48. The maximum atomic E-state index is 12.9. The molecule has 0 spiro atoms. The second-order valence-electron chi connectivity index (χ2n) is 9.73. The number of amides is 1. The molecule has 0 saturated carbocycles. The zero-order valence-electron chi connectivity index (χ0n) is 20.7. The van der Waals surface area contributed by atoms with Crippen LogP contribution in [0.1, 0.15) is 56.6 Å². The fourth-order valence-corrected chi connectivity index (χ4v) is 6.63. The van der Waals surface area contributed by atoms with Crippen molar-refractivity contribution < 1.29 is 14.1 Å². The Balaban J connectivity index is 1.44. The molecule has 36 heavy (non-hydrogen) atoms. The van der Waals surface area contributed by atoms with Gasteiger partial charge >= 0.3 is 0 Å². The maximum absolute atomic E-state index is 12.9. The van der Waals surface area contributed by atoms with Gasteiger partial charge in [-0.25, -0.2) is 0 Å². The molecule has 0 bridgehead atoms. The summed E-state index contributed by atoms with van der Waals surface area (Å²) in [6.07, 6.45) is 5.04. The molecule has 6 heteroatoms. The largest absolute Gasteiger partial charge is 0.459 e. The molecule has 1 saturated heterocycles. The van der Waals surface area contributed by atoms with E-state index in [4.69, 9.17) is 16.0 Å². The van der Waals surface area contributed by atoms with E-state index in [1.807, 2.05) is 12.1 Å². The number of furan rings is 1. The summed E-state index contributed by atoms with van der Waals surface area (Å²) in [5, 5.41) is 4.81. The topological polar surface area (TPSA) is 46.7 Å². The van der Waals surface area contributed by atoms with E-state index in [0.717, 1.165) is 29.5 Å². The van der Waals surface area contributed by atoms with Crippen LogP contribution in [-0.2, 0) is 6.42 Å². The summed E-state index contributed by atoms with van der Waals surface area (Å²) in [6, 6.07) is 22.6. The zero-order chi connectivity index (χ0) is 25.1. The highest BCUT2D eigenvalue weighted by atomic mass is 35.5. The predicted octanol–water partition coefficient (Wildman–Crippen LogP) is 6.49. The van der Waals surface area contributed by atoms with Crippen molar-refractivity contribution in [3.63, 3.8) is 0 Å². The summed E-state index contributed by atoms with van der Waals surface area (Å²) in [7, 11) is 0. The number of thiophene rings is 1. The Morgan fingerprint density at radius 3 is 2.44 bits per heavy atom. The first kappa shape index (κ1) is 24.8. The van der Waals surface area contributed by atoms with Crippen LogP contribution in [-0.4, -0.2) is 19.0 Å². The molecule has 1 amide bonds. The number of likely N-dealkylation sites (tertiary alicyclic amines) is 1. The van der Waals surface area contributed by atoms with Gasteiger partial charge in [0.25, 0.3) is 5.91 Å². The van der Waals surface area contributed by atoms with Crippen LogP contribution in [0.25, 0.3) is 0 Å². The molecule has 2 aromatic heterocycles. The van der Waals surface area contributed by atoms with Gasteiger partial charge in [0, 0.05) is 15.5 Å². The van der Waals surface area contributed by atoms with Crippen LogP contribution in [0.3, 0.4) is 0 Å². The number of nitrogens with one attached hydrogen (secondary N) is 2. The Bertz CT molecular complexity index is 1290. The van der Waals surface area contributed by atoms with Gasteiger partial charge in [0.15, 0.2) is 5.76 Å². The van der Waals surface area contributed by atoms with Crippen molar-refractivity contribution in [2.75, 3.05) is 18.4 Å². The number of anilines is 1. The molecule has 4 aromatic rings. The summed E-state index contributed by atoms with van der Waals surface area (Å²) in [4.78, 5) is 15.7. The minimum atomic E-state index is -0.214. The minimum Gasteiger partial charge on any atom is -0.459 e. The quantitative estimate of drug-likeness (QED) is 0.293. The summed E-state index contributed by atoms with van der Waals surface area (Å²) < 4.78 is 5.35. The number of aryl methyl sites for hydroxylation is 1. The first-order chi connectivity index (χ1) is 17.5. The zero-order valence-corrected chi connectivity index (χ0v) is 22.3. The Kier molecular flexibility index (Phi) is 7.61. The lowest BCUT2D eigenvalue weighted by molar-refractivity contribution is -0.931. The van der Waals surface area contributed by atoms with E-state index < -0.39 is 0 Å². The normalized spacial score (nSPS) is 18.6. The Morgan fingerprint density at radius 1 is 1.06 bits per heavy atom. The third kappa shape index (κ3) is 5.44. The Hall–Kier alpha value is -2.86. The van der Waals surface area contributed by atoms with E-state index in [2.05, 4.69) is 61.6 Å². The van der Waals surface area contributed by atoms with E-state index in [1.54, 1.807) is 23.5 Å². The van der Waals surface area contributed by atoms with E-state index in [-0.39, 0.29) is 11.9 Å². The lowest BCUT2D eigenvalue weighted by Crippen LogP contribution is -3.13. The standard InChI is InChI=1S/C30H31ClN2O2S/c1-20-21(2)36-30(32-29(34)26-9-6-18-35-26)27(20)28(24-10-12-25(31)13-11-24)33-16-14-23(15-17-33)19-22-7-4-3-5-8-22/h3-13,18,23,28H,14-17,19H2,1-2H3,(H,32,34)/p+1/t28-/m0/s1. The molecule has 1 aliphatic rings. The second-order valence-corrected chi connectivity index (χ2v) is 11.4. The van der Waals surface area contributed by atoms with Gasteiger partial charge in [-0.1, -0.05) is 54.1 Å². The number of hydrogen-bond acceptors (Lipinski definition) is 3. The summed E-state index contributed by atoms with van der Waals surface area (Å²) in [5.74, 6) is 0.807. The van der Waals surface area contributed by atoms with Crippen LogP contribution in [0.5, 0.6) is 0 Å². The fraction of sp³-hybridized carbons (Fsp3) is 0.300. The molecule has 1 fully saturated rings. The number of piperidine rings is 1. The minimum absolute atomic E-state index is 0.122. The molecule has 0 aliphatic carbocycles. The monoisotopic (exact) mass is 519 g/mol. The van der Waals surface area contributed by atoms with Crippen LogP contribution < -0.4 is 10.2 Å². The van der Waals surface area contributed by atoms with Gasteiger partial charge < -0.3 is 14.6 Å². The van der Waals surface area contributed by atoms with Crippen LogP contribution >= 0.6 is 22.9 Å². The van der Waals surface area contributed by atoms with E-state index in [0.29, 0.717) is 11.7 Å². The molecule has 4 nitrogen and oxygen atoms in total. The van der Waals surface area contributed by atoms with Crippen molar-refractivity contribution in [2.45, 2.75) is 39.2 Å². The third-order valence-corrected chi connectivity index (χ3v) is 8.81. The number of halogens is 1. The first-order valence-corrected chi connectivity index (χ1v) is 13.8. The number of quaternary nitrogens is 1. The van der Waals surface area contributed by atoms with Gasteiger partial charge in [0.05, 0.1) is 24.9 Å². The molecule has 5 rings (SSSR count).